The summed E-state index contributed by atoms with van der Waals surface area (Å²) < 4.78 is 2.43. The third-order valence-electron chi connectivity index (χ3n) is 9.20. The second kappa shape index (κ2) is 11.9. The van der Waals surface area contributed by atoms with Crippen molar-refractivity contribution in [3.63, 3.8) is 0 Å². The van der Waals surface area contributed by atoms with Crippen molar-refractivity contribution in [3.05, 3.63) is 182 Å². The summed E-state index contributed by atoms with van der Waals surface area (Å²) in [5.41, 5.74) is 10.1. The predicted octanol–water partition coefficient (Wildman–Crippen LogP) is 8.12. The van der Waals surface area contributed by atoms with Crippen LogP contribution in [-0.4, -0.2) is 33.5 Å². The summed E-state index contributed by atoms with van der Waals surface area (Å²) >= 11 is 0. The number of allylic oxidation sites excluding steroid dienone is 4. The number of aromatic nitrogens is 3. The van der Waals surface area contributed by atoms with Gasteiger partial charge in [-0.05, 0) is 70.5 Å². The first-order valence-corrected chi connectivity index (χ1v) is 16.3. The lowest BCUT2D eigenvalue weighted by atomic mass is 9.42. The number of hydrogen-bond donors (Lipinski definition) is 0. The van der Waals surface area contributed by atoms with Gasteiger partial charge in [-0.15, -0.1) is 0 Å². The molecule has 0 spiro atoms. The van der Waals surface area contributed by atoms with E-state index in [1.165, 1.54) is 22.3 Å². The van der Waals surface area contributed by atoms with Gasteiger partial charge in [0.25, 0.3) is 0 Å². The summed E-state index contributed by atoms with van der Waals surface area (Å²) in [6, 6.07) is 46.2. The molecule has 0 amide bonds. The fourth-order valence-electron chi connectivity index (χ4n) is 6.85. The van der Waals surface area contributed by atoms with Crippen LogP contribution in [0.2, 0.25) is 0 Å². The van der Waals surface area contributed by atoms with E-state index in [9.17, 15) is 0 Å². The van der Waals surface area contributed by atoms with Gasteiger partial charge in [0.1, 0.15) is 0 Å². The minimum Gasteiger partial charge on any atom is -0.437 e. The van der Waals surface area contributed by atoms with Crippen molar-refractivity contribution in [3.8, 4) is 45.3 Å². The van der Waals surface area contributed by atoms with Gasteiger partial charge in [-0.1, -0.05) is 133 Å². The van der Waals surface area contributed by atoms with Gasteiger partial charge in [0.05, 0.1) is 0 Å². The number of benzene rings is 5. The van der Waals surface area contributed by atoms with E-state index in [0.717, 1.165) is 27.8 Å². The fraction of sp³-hybridized carbons (Fsp3) is 0. The fourth-order valence-corrected chi connectivity index (χ4v) is 6.85. The Hall–Kier alpha value is -6.20. The van der Waals surface area contributed by atoms with E-state index in [-0.39, 0.29) is 13.8 Å². The largest absolute Gasteiger partial charge is 0.437 e. The molecule has 0 saturated carbocycles. The second-order valence-electron chi connectivity index (χ2n) is 12.1. The van der Waals surface area contributed by atoms with Crippen molar-refractivity contribution in [2.75, 3.05) is 4.81 Å². The monoisotopic (exact) mass is 613 g/mol. The average Bonchev–Trinajstić information content (AvgIpc) is 3.18. The summed E-state index contributed by atoms with van der Waals surface area (Å²) in [5.74, 6) is 6.62. The van der Waals surface area contributed by atoms with Crippen LogP contribution in [0.15, 0.2) is 176 Å². The highest BCUT2D eigenvalue weighted by atomic mass is 15.2. The van der Waals surface area contributed by atoms with E-state index >= 15 is 0 Å². The highest BCUT2D eigenvalue weighted by Crippen LogP contribution is 2.33. The van der Waals surface area contributed by atoms with Gasteiger partial charge in [-0.2, -0.15) is 0 Å². The van der Waals surface area contributed by atoms with Crippen molar-refractivity contribution >= 4 is 30.6 Å². The molecular formula is C41H29B2N5. The molecular weight excluding hydrogens is 584 g/mol. The first kappa shape index (κ1) is 28.1. The molecule has 0 saturated heterocycles. The van der Waals surface area contributed by atoms with Gasteiger partial charge in [0, 0.05) is 22.4 Å². The minimum absolute atomic E-state index is 0.145. The zero-order chi connectivity index (χ0) is 31.9. The highest BCUT2D eigenvalue weighted by molar-refractivity contribution is 6.91. The zero-order valence-corrected chi connectivity index (χ0v) is 26.1. The Morgan fingerprint density at radius 2 is 1.04 bits per heavy atom. The molecule has 0 atom stereocenters. The van der Waals surface area contributed by atoms with Crippen molar-refractivity contribution in [1.82, 2.24) is 19.7 Å². The molecule has 0 fully saturated rings. The van der Waals surface area contributed by atoms with Crippen LogP contribution < -0.4 is 10.3 Å². The molecule has 0 bridgehead atoms. The molecule has 1 aromatic heterocycles. The molecule has 7 heteroatoms. The number of anilines is 1. The van der Waals surface area contributed by atoms with Crippen LogP contribution in [0.25, 0.3) is 50.9 Å². The van der Waals surface area contributed by atoms with Crippen LogP contribution in [-0.2, 0) is 0 Å². The lowest BCUT2D eigenvalue weighted by Gasteiger charge is -2.45. The van der Waals surface area contributed by atoms with Gasteiger partial charge in [-0.25, -0.2) is 15.0 Å². The van der Waals surface area contributed by atoms with Crippen LogP contribution in [0.5, 0.6) is 0 Å². The lowest BCUT2D eigenvalue weighted by Crippen LogP contribution is -2.64. The maximum atomic E-state index is 4.95. The van der Waals surface area contributed by atoms with Gasteiger partial charge in [-0.3, -0.25) is 0 Å². The molecule has 48 heavy (non-hydrogen) atoms. The van der Waals surface area contributed by atoms with E-state index in [1.807, 2.05) is 60.7 Å². The Labute approximate surface area is 281 Å². The van der Waals surface area contributed by atoms with E-state index in [1.54, 1.807) is 0 Å². The Kier molecular flexibility index (Phi) is 6.94. The van der Waals surface area contributed by atoms with Gasteiger partial charge >= 0.3 is 13.8 Å². The van der Waals surface area contributed by atoms with Crippen molar-refractivity contribution < 1.29 is 0 Å². The normalized spacial score (nSPS) is 14.4. The first-order chi connectivity index (χ1) is 23.8. The van der Waals surface area contributed by atoms with Crippen LogP contribution in [0.1, 0.15) is 5.56 Å². The molecule has 224 valence electrons. The van der Waals surface area contributed by atoms with Crippen molar-refractivity contribution in [2.24, 2.45) is 0 Å². The molecule has 3 aliphatic rings. The summed E-state index contributed by atoms with van der Waals surface area (Å²) in [4.78, 5) is 17.1. The van der Waals surface area contributed by atoms with E-state index in [2.05, 4.69) is 125 Å². The number of rotatable bonds is 5. The van der Waals surface area contributed by atoms with Gasteiger partial charge < -0.3 is 9.53 Å². The molecule has 4 heterocycles. The van der Waals surface area contributed by atoms with Crippen LogP contribution >= 0.6 is 0 Å². The quantitative estimate of drug-likeness (QED) is 0.184. The van der Waals surface area contributed by atoms with E-state index < -0.39 is 0 Å². The number of para-hydroxylation sites is 1. The Balaban J connectivity index is 1.08. The van der Waals surface area contributed by atoms with Crippen molar-refractivity contribution in [1.29, 1.82) is 0 Å². The molecule has 0 unspecified atom stereocenters. The van der Waals surface area contributed by atoms with Crippen LogP contribution in [0.4, 0.5) is 5.69 Å². The maximum absolute atomic E-state index is 4.95. The molecule has 0 N–H and O–H groups in total. The Morgan fingerprint density at radius 3 is 1.75 bits per heavy atom. The third kappa shape index (κ3) is 5.06. The molecule has 6 aromatic rings. The van der Waals surface area contributed by atoms with Gasteiger partial charge in [0.2, 0.25) is 0 Å². The zero-order valence-electron chi connectivity index (χ0n) is 26.1. The number of fused-ring (bicyclic) bond motifs is 6. The molecule has 5 aromatic carbocycles. The van der Waals surface area contributed by atoms with E-state index in [4.69, 9.17) is 15.0 Å². The lowest BCUT2D eigenvalue weighted by molar-refractivity contribution is 0.879. The SMILES string of the molecule is C1=CB2N3C=CC(c4cccc(-c5cccc(-c6nc(-c7ccccc7)nc(-c7ccccc7)n6)c5)c4)=CB3c3ccccc3N2C=C1. The Bertz CT molecular complexity index is 2220. The van der Waals surface area contributed by atoms with E-state index in [0.29, 0.717) is 17.5 Å². The predicted molar refractivity (Wildman–Crippen MR) is 199 cm³/mol. The summed E-state index contributed by atoms with van der Waals surface area (Å²) in [6.45, 7) is 0.297. The number of nitrogens with zero attached hydrogens (tertiary/aromatic N) is 5. The average molecular weight is 613 g/mol. The molecule has 0 radical (unpaired) electrons. The van der Waals surface area contributed by atoms with Gasteiger partial charge in [0.15, 0.2) is 17.5 Å². The minimum atomic E-state index is 0.145. The second-order valence-corrected chi connectivity index (χ2v) is 12.1. The molecule has 3 aliphatic heterocycles. The number of hydrogen-bond acceptors (Lipinski definition) is 5. The molecule has 5 nitrogen and oxygen atoms in total. The third-order valence-corrected chi connectivity index (χ3v) is 9.20. The summed E-state index contributed by atoms with van der Waals surface area (Å²) in [5, 5.41) is 0. The topological polar surface area (TPSA) is 45.2 Å². The molecule has 9 rings (SSSR count). The smallest absolute Gasteiger partial charge is 0.395 e. The van der Waals surface area contributed by atoms with Crippen molar-refractivity contribution in [2.45, 2.75) is 0 Å². The Morgan fingerprint density at radius 1 is 0.479 bits per heavy atom. The first-order valence-electron chi connectivity index (χ1n) is 16.3. The highest BCUT2D eigenvalue weighted by Gasteiger charge is 2.42. The summed E-state index contributed by atoms with van der Waals surface area (Å²) in [7, 11) is 0. The molecule has 0 aliphatic carbocycles. The maximum Gasteiger partial charge on any atom is 0.395 e. The van der Waals surface area contributed by atoms with Crippen LogP contribution in [0, 0.1) is 0 Å². The van der Waals surface area contributed by atoms with Crippen LogP contribution in [0.3, 0.4) is 0 Å². The summed E-state index contributed by atoms with van der Waals surface area (Å²) in [6.07, 6.45) is 10.9. The standard InChI is InChI=1S/C41H29B2N5/c1-3-13-30(14-4-1)39-44-40(31-15-5-2-6-16-31)46-41(45-39)35-20-12-18-33(28-35)32-17-11-19-34(27-32)36-23-26-48-42(29-36)37-21-7-8-22-38(37)47-25-10-9-24-43(47)48/h1-29H.